The third kappa shape index (κ3) is 5.35. The number of anilines is 2. The smallest absolute Gasteiger partial charge is 0.414 e. The van der Waals surface area contributed by atoms with Gasteiger partial charge in [0.2, 0.25) is 0 Å². The van der Waals surface area contributed by atoms with Crippen LogP contribution >= 0.6 is 0 Å². The summed E-state index contributed by atoms with van der Waals surface area (Å²) in [6.45, 7) is 10.1. The van der Waals surface area contributed by atoms with Gasteiger partial charge in [0.15, 0.2) is 0 Å². The van der Waals surface area contributed by atoms with Gasteiger partial charge in [0, 0.05) is 50.8 Å². The van der Waals surface area contributed by atoms with Crippen LogP contribution in [0.3, 0.4) is 0 Å². The summed E-state index contributed by atoms with van der Waals surface area (Å²) in [5.41, 5.74) is 6.42. The van der Waals surface area contributed by atoms with Crippen LogP contribution < -0.4 is 20.5 Å². The molecule has 0 spiro atoms. The summed E-state index contributed by atoms with van der Waals surface area (Å²) >= 11 is 0. The highest BCUT2D eigenvalue weighted by Crippen LogP contribution is 2.28. The van der Waals surface area contributed by atoms with Crippen molar-refractivity contribution in [2.75, 3.05) is 49.1 Å². The Morgan fingerprint density at radius 3 is 2.84 bits per heavy atom. The van der Waals surface area contributed by atoms with E-state index in [2.05, 4.69) is 27.3 Å². The van der Waals surface area contributed by atoms with E-state index in [0.29, 0.717) is 44.1 Å². The highest BCUT2D eigenvalue weighted by atomic mass is 19.1. The number of allylic oxidation sites excluding steroid dienone is 1. The topological polar surface area (TPSA) is 73.0 Å². The summed E-state index contributed by atoms with van der Waals surface area (Å²) in [5.74, 6) is -0.346. The van der Waals surface area contributed by atoms with Crippen LogP contribution in [0.4, 0.5) is 20.6 Å². The fourth-order valence-electron chi connectivity index (χ4n) is 3.91. The van der Waals surface area contributed by atoms with Crippen molar-refractivity contribution in [3.8, 4) is 0 Å². The summed E-state index contributed by atoms with van der Waals surface area (Å²) in [6, 6.07) is 8.92. The van der Waals surface area contributed by atoms with Crippen LogP contribution in [-0.2, 0) is 11.3 Å². The predicted octanol–water partition coefficient (Wildman–Crippen LogP) is 2.50. The second kappa shape index (κ2) is 9.97. The van der Waals surface area contributed by atoms with Gasteiger partial charge >= 0.3 is 6.09 Å². The van der Waals surface area contributed by atoms with Crippen molar-refractivity contribution in [1.29, 1.82) is 0 Å². The Hall–Kier alpha value is -3.17. The molecule has 0 radical (unpaired) electrons. The number of rotatable bonds is 7. The van der Waals surface area contributed by atoms with Crippen molar-refractivity contribution in [2.24, 2.45) is 0 Å². The van der Waals surface area contributed by atoms with Gasteiger partial charge in [-0.1, -0.05) is 6.58 Å². The quantitative estimate of drug-likeness (QED) is 0.685. The van der Waals surface area contributed by atoms with Crippen LogP contribution in [0.5, 0.6) is 0 Å². The van der Waals surface area contributed by atoms with E-state index >= 15 is 4.39 Å². The SMILES string of the molecule is C=C(C)NC[C@H]1CN(c2ccc(N3CCNN(Cc4ccncc4)CC3)c(F)c2)C(=O)O1. The molecule has 32 heavy (non-hydrogen) atoms. The Balaban J connectivity index is 1.38. The molecule has 2 aliphatic heterocycles. The summed E-state index contributed by atoms with van der Waals surface area (Å²) in [7, 11) is 0. The second-order valence-corrected chi connectivity index (χ2v) is 8.09. The maximum Gasteiger partial charge on any atom is 0.414 e. The number of benzene rings is 1. The lowest BCUT2D eigenvalue weighted by atomic mass is 10.2. The lowest BCUT2D eigenvalue weighted by Gasteiger charge is -2.24. The molecule has 170 valence electrons. The molecule has 2 fully saturated rings. The Morgan fingerprint density at radius 2 is 2.09 bits per heavy atom. The number of nitrogens with one attached hydrogen (secondary N) is 2. The number of carbonyl (C=O) groups excluding carboxylic acids is 1. The number of halogens is 1. The van der Waals surface area contributed by atoms with Crippen molar-refractivity contribution in [1.82, 2.24) is 20.7 Å². The minimum atomic E-state index is -0.462. The number of pyridine rings is 1. The Kier molecular flexibility index (Phi) is 6.87. The zero-order chi connectivity index (χ0) is 22.5. The third-order valence-corrected chi connectivity index (χ3v) is 5.57. The predicted molar refractivity (Wildman–Crippen MR) is 122 cm³/mol. The molecule has 2 N–H and O–H groups in total. The molecule has 1 aromatic carbocycles. The van der Waals surface area contributed by atoms with Crippen molar-refractivity contribution in [3.63, 3.8) is 0 Å². The van der Waals surface area contributed by atoms with Crippen molar-refractivity contribution < 1.29 is 13.9 Å². The third-order valence-electron chi connectivity index (χ3n) is 5.57. The van der Waals surface area contributed by atoms with Crippen LogP contribution in [-0.4, -0.2) is 61.5 Å². The molecular weight excluding hydrogens is 411 g/mol. The van der Waals surface area contributed by atoms with Crippen molar-refractivity contribution >= 4 is 17.5 Å². The number of carbonyl (C=O) groups is 1. The summed E-state index contributed by atoms with van der Waals surface area (Å²) < 4.78 is 20.4. The van der Waals surface area contributed by atoms with Crippen LogP contribution in [0.15, 0.2) is 55.0 Å². The van der Waals surface area contributed by atoms with E-state index < -0.39 is 6.09 Å². The highest BCUT2D eigenvalue weighted by molar-refractivity contribution is 5.90. The minimum absolute atomic E-state index is 0.301. The average molecular weight is 441 g/mol. The van der Waals surface area contributed by atoms with Gasteiger partial charge in [0.1, 0.15) is 11.9 Å². The number of aromatic nitrogens is 1. The second-order valence-electron chi connectivity index (χ2n) is 8.09. The van der Waals surface area contributed by atoms with E-state index in [-0.39, 0.29) is 11.9 Å². The molecule has 0 unspecified atom stereocenters. The molecule has 0 saturated carbocycles. The maximum atomic E-state index is 15.1. The largest absolute Gasteiger partial charge is 0.442 e. The van der Waals surface area contributed by atoms with E-state index in [1.165, 1.54) is 16.5 Å². The molecule has 9 heteroatoms. The van der Waals surface area contributed by atoms with E-state index in [0.717, 1.165) is 18.8 Å². The normalized spacial score (nSPS) is 19.6. The van der Waals surface area contributed by atoms with E-state index in [1.807, 2.05) is 24.0 Å². The monoisotopic (exact) mass is 440 g/mol. The van der Waals surface area contributed by atoms with Crippen LogP contribution in [0.25, 0.3) is 0 Å². The average Bonchev–Trinajstić information content (AvgIpc) is 3.00. The molecule has 0 aliphatic carbocycles. The molecule has 4 rings (SSSR count). The molecule has 1 aromatic heterocycles. The molecule has 1 amide bonds. The molecule has 1 atom stereocenters. The Bertz CT molecular complexity index is 957. The molecule has 0 bridgehead atoms. The number of hydrogen-bond acceptors (Lipinski definition) is 7. The van der Waals surface area contributed by atoms with Crippen LogP contribution in [0.2, 0.25) is 0 Å². The Morgan fingerprint density at radius 1 is 1.28 bits per heavy atom. The minimum Gasteiger partial charge on any atom is -0.442 e. The summed E-state index contributed by atoms with van der Waals surface area (Å²) in [5, 5.41) is 5.22. The summed E-state index contributed by atoms with van der Waals surface area (Å²) in [4.78, 5) is 19.8. The standard InChI is InChI=1S/C23H29FN6O2/c1-17(2)26-14-20-16-30(23(31)32-20)19-3-4-22(21(24)13-19)28-10-9-27-29(12-11-28)15-18-5-7-25-8-6-18/h3-8,13,20,26-27H,1,9-12,14-16H2,2H3/t20-/m0/s1. The zero-order valence-electron chi connectivity index (χ0n) is 18.3. The fourth-order valence-corrected chi connectivity index (χ4v) is 3.91. The van der Waals surface area contributed by atoms with Gasteiger partial charge in [0.25, 0.3) is 0 Å². The van der Waals surface area contributed by atoms with Crippen LogP contribution in [0, 0.1) is 5.82 Å². The lowest BCUT2D eigenvalue weighted by Crippen LogP contribution is -2.38. The maximum absolute atomic E-state index is 15.1. The van der Waals surface area contributed by atoms with Gasteiger partial charge < -0.3 is 15.0 Å². The van der Waals surface area contributed by atoms with E-state index in [1.54, 1.807) is 24.5 Å². The molecule has 2 aliphatic rings. The molecule has 3 heterocycles. The Labute approximate surface area is 187 Å². The zero-order valence-corrected chi connectivity index (χ0v) is 18.3. The van der Waals surface area contributed by atoms with Gasteiger partial charge in [-0.3, -0.25) is 15.3 Å². The lowest BCUT2D eigenvalue weighted by molar-refractivity contribution is 0.141. The number of nitrogens with zero attached hydrogens (tertiary/aromatic N) is 4. The first-order valence-corrected chi connectivity index (χ1v) is 10.8. The van der Waals surface area contributed by atoms with Crippen molar-refractivity contribution in [3.05, 3.63) is 66.4 Å². The van der Waals surface area contributed by atoms with Crippen molar-refractivity contribution in [2.45, 2.75) is 19.6 Å². The number of hydrazine groups is 1. The summed E-state index contributed by atoms with van der Waals surface area (Å²) in [6.07, 6.45) is 2.80. The van der Waals surface area contributed by atoms with Gasteiger partial charge in [-0.2, -0.15) is 0 Å². The molecule has 2 aromatic rings. The van der Waals surface area contributed by atoms with E-state index in [4.69, 9.17) is 4.74 Å². The first-order chi connectivity index (χ1) is 15.5. The fraction of sp³-hybridized carbons (Fsp3) is 0.391. The highest BCUT2D eigenvalue weighted by Gasteiger charge is 2.32. The number of ether oxygens (including phenoxy) is 1. The number of cyclic esters (lactones) is 1. The van der Waals surface area contributed by atoms with Gasteiger partial charge in [0.05, 0.1) is 24.5 Å². The van der Waals surface area contributed by atoms with Gasteiger partial charge in [-0.25, -0.2) is 14.2 Å². The van der Waals surface area contributed by atoms with E-state index in [9.17, 15) is 4.79 Å². The van der Waals surface area contributed by atoms with Gasteiger partial charge in [-0.05, 0) is 42.8 Å². The van der Waals surface area contributed by atoms with Crippen LogP contribution in [0.1, 0.15) is 12.5 Å². The first kappa shape index (κ1) is 22.0. The molecular formula is C23H29FN6O2. The first-order valence-electron chi connectivity index (χ1n) is 10.8. The molecule has 2 saturated heterocycles. The molecule has 8 nitrogen and oxygen atoms in total. The number of amides is 1. The number of hydrogen-bond donors (Lipinski definition) is 2. The van der Waals surface area contributed by atoms with Gasteiger partial charge in [-0.15, -0.1) is 0 Å².